The number of benzene rings is 4. The summed E-state index contributed by atoms with van der Waals surface area (Å²) in [5.41, 5.74) is 12.3. The Labute approximate surface area is 487 Å². The molecule has 0 radical (unpaired) electrons. The number of halogens is 1. The maximum Gasteiger partial charge on any atom is 0.410 e. The minimum Gasteiger partial charge on any atom is -0.490 e. The van der Waals surface area contributed by atoms with Gasteiger partial charge in [0.15, 0.2) is 0 Å². The Kier molecular flexibility index (Phi) is 24.6. The summed E-state index contributed by atoms with van der Waals surface area (Å²) >= 11 is 3.44. The van der Waals surface area contributed by atoms with Crippen LogP contribution in [0.5, 0.6) is 11.5 Å². The standard InChI is InChI=1S/C27H43NO3.C16H23BrO.C15H17N.C10H20N2O2/c1-26(2,3)22-11-15-24(16-12-22)30-23-13-9-20(10-14-23)18-21-8-7-17-28(19-21)25(29)31-27(4,5)6;1-16(2,3)12-4-8-14(9-5-12)18-15-10-6-13(17)7-11-15;1-12-8-4-5-9-13(12)14-10-6-7-11-15(14)16(2)3;1-10(2,3)14-9(13)12-6-4-5-8(11)7-12/h9-10,13-14,21-22,24H,7-8,11-12,15-19H2,1-6H3;6-7,10-12,14H,4-5,8-9H2,1-3H3;4-11H,1-3H3;8H,4-7,11H2,1-3H3. The molecule has 8 rings (SSSR count). The molecule has 2 atom stereocenters. The van der Waals surface area contributed by atoms with Gasteiger partial charge in [-0.3, -0.25) is 0 Å². The number of anilines is 1. The van der Waals surface area contributed by atoms with Gasteiger partial charge in [-0.2, -0.15) is 0 Å². The van der Waals surface area contributed by atoms with Crippen LogP contribution in [0.3, 0.4) is 0 Å². The van der Waals surface area contributed by atoms with Gasteiger partial charge in [-0.15, -0.1) is 0 Å². The quantitative estimate of drug-likeness (QED) is 0.186. The van der Waals surface area contributed by atoms with E-state index in [2.05, 4.69) is 156 Å². The molecule has 11 heteroatoms. The number of aryl methyl sites for hydroxylation is 1. The molecule has 79 heavy (non-hydrogen) atoms. The van der Waals surface area contributed by atoms with Crippen molar-refractivity contribution < 1.29 is 28.5 Å². The summed E-state index contributed by atoms with van der Waals surface area (Å²) in [6.45, 7) is 30.6. The summed E-state index contributed by atoms with van der Waals surface area (Å²) in [6.07, 6.45) is 15.3. The lowest BCUT2D eigenvalue weighted by atomic mass is 9.72. The van der Waals surface area contributed by atoms with Gasteiger partial charge >= 0.3 is 12.2 Å². The number of ether oxygens (including phenoxy) is 4. The second-order valence-electron chi connectivity index (χ2n) is 27.2. The SMILES string of the molecule is CC(C)(C)C1CCC(Oc2ccc(Br)cc2)CC1.CC(C)(C)OC(=O)N1CCCC(Cc2ccc(OC3CCC(C(C)(C)C)CC3)cc2)C1.CC(C)(C)OC(=O)N1CCCC(N)C1.Cc1ccccc1-c1ccccc1N(C)C. The topological polar surface area (TPSA) is 107 Å². The first kappa shape index (κ1) is 65.1. The number of likely N-dealkylation sites (tertiary alicyclic amines) is 2. The van der Waals surface area contributed by atoms with Crippen LogP contribution in [0.15, 0.2) is 102 Å². The third kappa shape index (κ3) is 23.0. The van der Waals surface area contributed by atoms with Crippen LogP contribution in [0.2, 0.25) is 0 Å². The highest BCUT2D eigenvalue weighted by Crippen LogP contribution is 2.40. The summed E-state index contributed by atoms with van der Waals surface area (Å²) in [4.78, 5) is 29.7. The zero-order chi connectivity index (χ0) is 58.1. The number of nitrogens with zero attached hydrogens (tertiary/aromatic N) is 3. The number of hydrogen-bond acceptors (Lipinski definition) is 8. The van der Waals surface area contributed by atoms with Crippen LogP contribution in [0.4, 0.5) is 15.3 Å². The fourth-order valence-electron chi connectivity index (χ4n) is 11.2. The molecular weight excluding hydrogens is 1050 g/mol. The van der Waals surface area contributed by atoms with Gasteiger partial charge in [0.25, 0.3) is 0 Å². The van der Waals surface area contributed by atoms with Crippen LogP contribution >= 0.6 is 15.9 Å². The number of amides is 2. The van der Waals surface area contributed by atoms with Crippen molar-refractivity contribution in [3.63, 3.8) is 0 Å². The molecule has 4 aromatic carbocycles. The van der Waals surface area contributed by atoms with Crippen molar-refractivity contribution in [2.45, 2.75) is 203 Å². The second-order valence-corrected chi connectivity index (χ2v) is 28.1. The van der Waals surface area contributed by atoms with E-state index in [1.54, 1.807) is 4.90 Å². The highest BCUT2D eigenvalue weighted by Gasteiger charge is 2.33. The van der Waals surface area contributed by atoms with E-state index in [1.807, 2.05) is 70.7 Å². The Balaban J connectivity index is 0.000000205. The van der Waals surface area contributed by atoms with Crippen LogP contribution in [0, 0.1) is 35.5 Å². The highest BCUT2D eigenvalue weighted by atomic mass is 79.9. The fraction of sp³-hybridized carbons (Fsp3) is 0.618. The molecule has 4 aliphatic rings. The molecule has 2 saturated carbocycles. The number of hydrogen-bond donors (Lipinski definition) is 1. The van der Waals surface area contributed by atoms with Gasteiger partial charge < -0.3 is 39.4 Å². The number of carbonyl (C=O) groups is 2. The Morgan fingerprint density at radius 3 is 1.43 bits per heavy atom. The Morgan fingerprint density at radius 1 is 0.557 bits per heavy atom. The molecule has 2 amide bonds. The second kappa shape index (κ2) is 29.8. The number of piperidine rings is 2. The van der Waals surface area contributed by atoms with E-state index in [9.17, 15) is 9.59 Å². The monoisotopic (exact) mass is 1150 g/mol. The molecular formula is C68H103BrN4O6. The molecule has 2 N–H and O–H groups in total. The van der Waals surface area contributed by atoms with Crippen molar-refractivity contribution in [2.75, 3.05) is 45.2 Å². The predicted molar refractivity (Wildman–Crippen MR) is 332 cm³/mol. The molecule has 4 fully saturated rings. The van der Waals surface area contributed by atoms with Crippen LogP contribution in [0.25, 0.3) is 11.1 Å². The number of para-hydroxylation sites is 1. The molecule has 438 valence electrons. The molecule has 0 spiro atoms. The lowest BCUT2D eigenvalue weighted by Gasteiger charge is -2.37. The third-order valence-electron chi connectivity index (χ3n) is 15.8. The van der Waals surface area contributed by atoms with Crippen molar-refractivity contribution in [2.24, 2.45) is 34.3 Å². The van der Waals surface area contributed by atoms with Crippen molar-refractivity contribution in [1.82, 2.24) is 9.80 Å². The Morgan fingerprint density at radius 2 is 0.987 bits per heavy atom. The van der Waals surface area contributed by atoms with Crippen LogP contribution in [0.1, 0.15) is 171 Å². The van der Waals surface area contributed by atoms with Gasteiger partial charge in [0.05, 0.1) is 12.2 Å². The number of carbonyl (C=O) groups excluding carboxylic acids is 2. The molecule has 0 bridgehead atoms. The molecule has 0 aromatic heterocycles. The third-order valence-corrected chi connectivity index (χ3v) is 16.3. The molecule has 4 aromatic rings. The zero-order valence-electron chi connectivity index (χ0n) is 51.5. The number of nitrogens with two attached hydrogens (primary N) is 1. The largest absolute Gasteiger partial charge is 0.490 e. The van der Waals surface area contributed by atoms with E-state index in [-0.39, 0.29) is 18.2 Å². The summed E-state index contributed by atoms with van der Waals surface area (Å²) in [5.74, 6) is 4.13. The summed E-state index contributed by atoms with van der Waals surface area (Å²) in [5, 5.41) is 0. The van der Waals surface area contributed by atoms with E-state index in [4.69, 9.17) is 24.7 Å². The van der Waals surface area contributed by atoms with Crippen LogP contribution < -0.4 is 20.1 Å². The summed E-state index contributed by atoms with van der Waals surface area (Å²) < 4.78 is 24.3. The van der Waals surface area contributed by atoms with Gasteiger partial charge in [0, 0.05) is 62.0 Å². The van der Waals surface area contributed by atoms with Crippen molar-refractivity contribution >= 4 is 33.8 Å². The minimum absolute atomic E-state index is 0.108. The van der Waals surface area contributed by atoms with E-state index in [0.717, 1.165) is 92.4 Å². The van der Waals surface area contributed by atoms with Gasteiger partial charge in [0.2, 0.25) is 0 Å². The first-order valence-corrected chi connectivity index (χ1v) is 30.5. The fourth-order valence-corrected chi connectivity index (χ4v) is 11.5. The lowest BCUT2D eigenvalue weighted by molar-refractivity contribution is 0.0163. The van der Waals surface area contributed by atoms with Crippen LogP contribution in [-0.2, 0) is 15.9 Å². The van der Waals surface area contributed by atoms with E-state index >= 15 is 0 Å². The molecule has 2 unspecified atom stereocenters. The van der Waals surface area contributed by atoms with Crippen LogP contribution in [-0.4, -0.2) is 91.7 Å². The van der Waals surface area contributed by atoms with Gasteiger partial charge in [0.1, 0.15) is 22.7 Å². The van der Waals surface area contributed by atoms with Crippen molar-refractivity contribution in [3.05, 3.63) is 113 Å². The molecule has 2 aliphatic heterocycles. The van der Waals surface area contributed by atoms with Crippen molar-refractivity contribution in [3.8, 4) is 22.6 Å². The number of rotatable bonds is 8. The molecule has 2 heterocycles. The highest BCUT2D eigenvalue weighted by molar-refractivity contribution is 9.10. The molecule has 10 nitrogen and oxygen atoms in total. The predicted octanol–water partition coefficient (Wildman–Crippen LogP) is 17.4. The average Bonchev–Trinajstić information content (AvgIpc) is 3.37. The normalized spacial score (nSPS) is 21.8. The summed E-state index contributed by atoms with van der Waals surface area (Å²) in [6, 6.07) is 33.9. The average molecular weight is 1150 g/mol. The summed E-state index contributed by atoms with van der Waals surface area (Å²) in [7, 11) is 4.16. The van der Waals surface area contributed by atoms with E-state index in [0.29, 0.717) is 35.5 Å². The molecule has 2 aliphatic carbocycles. The first-order valence-electron chi connectivity index (χ1n) is 29.7. The smallest absolute Gasteiger partial charge is 0.410 e. The molecule has 2 saturated heterocycles. The minimum atomic E-state index is -0.439. The maximum absolute atomic E-state index is 12.4. The van der Waals surface area contributed by atoms with E-state index < -0.39 is 11.2 Å². The van der Waals surface area contributed by atoms with Gasteiger partial charge in [-0.05, 0) is 220 Å². The zero-order valence-corrected chi connectivity index (χ0v) is 53.1. The lowest BCUT2D eigenvalue weighted by Crippen LogP contribution is -2.47. The Hall–Kier alpha value is -4.74. The van der Waals surface area contributed by atoms with Gasteiger partial charge in [-0.25, -0.2) is 9.59 Å². The maximum atomic E-state index is 12.4. The van der Waals surface area contributed by atoms with Gasteiger partial charge in [-0.1, -0.05) is 112 Å². The first-order chi connectivity index (χ1) is 37.0. The van der Waals surface area contributed by atoms with E-state index in [1.165, 1.54) is 66.5 Å². The Bertz CT molecular complexity index is 2430. The van der Waals surface area contributed by atoms with Crippen molar-refractivity contribution in [1.29, 1.82) is 0 Å².